The third-order valence-electron chi connectivity index (χ3n) is 8.22. The normalized spacial score (nSPS) is 17.1. The minimum atomic E-state index is 0.0770. The molecule has 0 spiro atoms. The fourth-order valence-corrected chi connectivity index (χ4v) is 6.79. The Morgan fingerprint density at radius 3 is 1.51 bits per heavy atom. The lowest BCUT2D eigenvalue weighted by Gasteiger charge is -2.17. The first kappa shape index (κ1) is 25.7. The van der Waals surface area contributed by atoms with E-state index in [0.29, 0.717) is 0 Å². The summed E-state index contributed by atoms with van der Waals surface area (Å²) in [6.07, 6.45) is 11.0. The molecule has 0 aromatic carbocycles. The zero-order valence-electron chi connectivity index (χ0n) is 24.1. The van der Waals surface area contributed by atoms with Crippen LogP contribution in [-0.2, 0) is 5.41 Å². The molecule has 6 rings (SSSR count). The van der Waals surface area contributed by atoms with E-state index in [4.69, 9.17) is 9.98 Å². The summed E-state index contributed by atoms with van der Waals surface area (Å²) in [4.78, 5) is 10.3. The van der Waals surface area contributed by atoms with Gasteiger partial charge in [0.25, 0.3) is 0 Å². The van der Waals surface area contributed by atoms with E-state index in [0.717, 1.165) is 35.7 Å². The van der Waals surface area contributed by atoms with Crippen LogP contribution in [0.2, 0.25) is 0 Å². The first-order valence-corrected chi connectivity index (χ1v) is 14.9. The molecule has 0 fully saturated rings. The molecule has 8 bridgehead atoms. The largest absolute Gasteiger partial charge is 0.248 e. The molecule has 196 valence electrons. The van der Waals surface area contributed by atoms with Gasteiger partial charge in [-0.25, -0.2) is 9.98 Å². The standard InChI is InChI=1S/C36H36N2S/c1-8-28-21(3)32-19-26-12-13-27(39-26)20-33-22(4)29(9-2)35(38-33)18-24-16-23(17-34(28)37-32)30-14-10-25(36(5,6)7)11-15-31(24)30/h10-20H,8-9H2,1-7H3. The van der Waals surface area contributed by atoms with Crippen LogP contribution in [0.1, 0.15) is 78.0 Å². The molecule has 3 aliphatic heterocycles. The van der Waals surface area contributed by atoms with Gasteiger partial charge in [0.1, 0.15) is 0 Å². The smallest absolute Gasteiger partial charge is 0.0683 e. The lowest BCUT2D eigenvalue weighted by molar-refractivity contribution is 0.591. The van der Waals surface area contributed by atoms with Crippen molar-refractivity contribution in [2.75, 3.05) is 0 Å². The van der Waals surface area contributed by atoms with Crippen LogP contribution in [-0.4, -0.2) is 11.4 Å². The first-order valence-electron chi connectivity index (χ1n) is 14.0. The van der Waals surface area contributed by atoms with Crippen molar-refractivity contribution in [1.29, 1.82) is 0 Å². The highest BCUT2D eigenvalue weighted by atomic mass is 32.1. The summed E-state index contributed by atoms with van der Waals surface area (Å²) < 4.78 is 2.44. The molecule has 0 saturated heterocycles. The van der Waals surface area contributed by atoms with Crippen molar-refractivity contribution in [1.82, 2.24) is 0 Å². The molecule has 0 amide bonds. The number of nitrogens with zero attached hydrogens (tertiary/aromatic N) is 2. The lowest BCUT2D eigenvalue weighted by Crippen LogP contribution is -2.09. The Bertz CT molecular complexity index is 1680. The average Bonchev–Trinajstić information content (AvgIpc) is 3.55. The van der Waals surface area contributed by atoms with Crippen LogP contribution in [0, 0.1) is 0 Å². The van der Waals surface area contributed by atoms with E-state index in [1.807, 2.05) is 0 Å². The minimum absolute atomic E-state index is 0.0770. The summed E-state index contributed by atoms with van der Waals surface area (Å²) in [7, 11) is 0. The number of hydrogen-bond donors (Lipinski definition) is 0. The molecule has 39 heavy (non-hydrogen) atoms. The van der Waals surface area contributed by atoms with E-state index in [-0.39, 0.29) is 5.41 Å². The van der Waals surface area contributed by atoms with Crippen LogP contribution < -0.4 is 9.06 Å². The van der Waals surface area contributed by atoms with Gasteiger partial charge < -0.3 is 0 Å². The Morgan fingerprint density at radius 2 is 1.10 bits per heavy atom. The van der Waals surface area contributed by atoms with Gasteiger partial charge in [0.05, 0.1) is 22.8 Å². The Balaban J connectivity index is 1.69. The molecular formula is C36H36N2S. The molecule has 3 heteroatoms. The van der Waals surface area contributed by atoms with Gasteiger partial charge in [-0.1, -0.05) is 58.9 Å². The molecule has 0 unspecified atom stereocenters. The first-order chi connectivity index (χ1) is 18.7. The molecule has 0 radical (unpaired) electrons. The van der Waals surface area contributed by atoms with Crippen LogP contribution >= 0.6 is 11.3 Å². The summed E-state index contributed by atoms with van der Waals surface area (Å²) in [5.74, 6) is 0. The van der Waals surface area contributed by atoms with Crippen molar-refractivity contribution in [2.24, 2.45) is 9.98 Å². The number of thiophene rings is 1. The number of fused-ring (bicyclic) bond motifs is 9. The van der Waals surface area contributed by atoms with E-state index in [9.17, 15) is 0 Å². The van der Waals surface area contributed by atoms with Crippen LogP contribution in [0.25, 0.3) is 35.4 Å². The van der Waals surface area contributed by atoms with Gasteiger partial charge in [-0.15, -0.1) is 11.3 Å². The molecule has 0 N–H and O–H groups in total. The lowest BCUT2D eigenvalue weighted by atomic mass is 9.88. The maximum atomic E-state index is 5.17. The summed E-state index contributed by atoms with van der Waals surface area (Å²) in [5, 5.41) is 0. The van der Waals surface area contributed by atoms with Gasteiger partial charge >= 0.3 is 0 Å². The van der Waals surface area contributed by atoms with Crippen LogP contribution in [0.3, 0.4) is 0 Å². The molecule has 2 aliphatic carbocycles. The highest BCUT2D eigenvalue weighted by molar-refractivity contribution is 7.08. The van der Waals surface area contributed by atoms with Crippen molar-refractivity contribution in [3.8, 4) is 11.1 Å². The monoisotopic (exact) mass is 528 g/mol. The third kappa shape index (κ3) is 4.53. The molecule has 5 aliphatic rings. The summed E-state index contributed by atoms with van der Waals surface area (Å²) in [5.41, 5.74) is 15.9. The van der Waals surface area contributed by atoms with Gasteiger partial charge in [-0.2, -0.15) is 0 Å². The highest BCUT2D eigenvalue weighted by Gasteiger charge is 2.23. The Labute approximate surface area is 236 Å². The van der Waals surface area contributed by atoms with Crippen molar-refractivity contribution in [2.45, 2.75) is 66.7 Å². The van der Waals surface area contributed by atoms with Crippen molar-refractivity contribution in [3.63, 3.8) is 0 Å². The number of rotatable bonds is 2. The van der Waals surface area contributed by atoms with E-state index in [1.54, 1.807) is 11.3 Å². The number of hydrogen-bond acceptors (Lipinski definition) is 3. The number of aliphatic imine (C=N–C) groups is 2. The highest BCUT2D eigenvalue weighted by Crippen LogP contribution is 2.40. The topological polar surface area (TPSA) is 24.7 Å². The van der Waals surface area contributed by atoms with E-state index >= 15 is 0 Å². The van der Waals surface area contributed by atoms with E-state index in [2.05, 4.69) is 115 Å². The Kier molecular flexibility index (Phi) is 6.31. The third-order valence-corrected chi connectivity index (χ3v) is 9.20. The van der Waals surface area contributed by atoms with Crippen LogP contribution in [0.15, 0.2) is 86.1 Å². The Morgan fingerprint density at radius 1 is 0.641 bits per heavy atom. The SMILES string of the molecule is CCC1=C(C)C2=NC1=Cc1cc(c3ccc(C(C)(C)C)ccc1-3)C=C1N=C(C=c3ccc(s3)=C2)C(C)=C1CC. The van der Waals surface area contributed by atoms with Crippen LogP contribution in [0.4, 0.5) is 0 Å². The molecule has 1 aromatic heterocycles. The fourth-order valence-electron chi connectivity index (χ4n) is 5.90. The average molecular weight is 529 g/mol. The fraction of sp³-hybridized carbons (Fsp3) is 0.278. The molecule has 2 nitrogen and oxygen atoms in total. The second-order valence-corrected chi connectivity index (χ2v) is 12.9. The van der Waals surface area contributed by atoms with E-state index < -0.39 is 0 Å². The molecule has 0 atom stereocenters. The quantitative estimate of drug-likeness (QED) is 0.319. The van der Waals surface area contributed by atoms with Gasteiger partial charge in [0, 0.05) is 9.06 Å². The Hall–Kier alpha value is -3.56. The zero-order chi connectivity index (χ0) is 27.5. The second kappa shape index (κ2) is 9.57. The molecule has 0 saturated carbocycles. The summed E-state index contributed by atoms with van der Waals surface area (Å²) in [6.45, 7) is 15.7. The summed E-state index contributed by atoms with van der Waals surface area (Å²) in [6, 6.07) is 15.9. The van der Waals surface area contributed by atoms with Crippen molar-refractivity contribution >= 4 is 47.1 Å². The van der Waals surface area contributed by atoms with Crippen LogP contribution in [0.5, 0.6) is 0 Å². The van der Waals surface area contributed by atoms with Gasteiger partial charge in [0.2, 0.25) is 0 Å². The molecule has 4 heterocycles. The minimum Gasteiger partial charge on any atom is -0.248 e. The molecular weight excluding hydrogens is 492 g/mol. The van der Waals surface area contributed by atoms with Crippen molar-refractivity contribution in [3.05, 3.63) is 102 Å². The van der Waals surface area contributed by atoms with Gasteiger partial charge in [-0.05, 0) is 125 Å². The summed E-state index contributed by atoms with van der Waals surface area (Å²) >= 11 is 1.80. The predicted octanol–water partition coefficient (Wildman–Crippen LogP) is 8.47. The predicted molar refractivity (Wildman–Crippen MR) is 171 cm³/mol. The molecule has 1 aromatic rings. The van der Waals surface area contributed by atoms with Gasteiger partial charge in [0.15, 0.2) is 0 Å². The maximum Gasteiger partial charge on any atom is 0.0683 e. The van der Waals surface area contributed by atoms with E-state index in [1.165, 1.54) is 59.2 Å². The second-order valence-electron chi connectivity index (χ2n) is 11.8. The zero-order valence-corrected chi connectivity index (χ0v) is 24.9. The number of allylic oxidation sites excluding steroid dienone is 4. The van der Waals surface area contributed by atoms with Gasteiger partial charge in [-0.3, -0.25) is 0 Å². The van der Waals surface area contributed by atoms with Crippen molar-refractivity contribution < 1.29 is 0 Å². The maximum absolute atomic E-state index is 5.17.